The van der Waals surface area contributed by atoms with E-state index in [1.54, 1.807) is 11.8 Å². The van der Waals surface area contributed by atoms with Gasteiger partial charge in [-0.05, 0) is 37.7 Å². The van der Waals surface area contributed by atoms with Crippen LogP contribution in [0.2, 0.25) is 0 Å². The number of nitrogens with one attached hydrogen (secondary N) is 2. The van der Waals surface area contributed by atoms with Gasteiger partial charge in [0.15, 0.2) is 0 Å². The Labute approximate surface area is 134 Å². The minimum Gasteiger partial charge on any atom is -0.354 e. The Morgan fingerprint density at radius 2 is 2.27 bits per heavy atom. The van der Waals surface area contributed by atoms with Crippen molar-refractivity contribution in [2.75, 3.05) is 25.1 Å². The molecule has 0 spiro atoms. The maximum atomic E-state index is 11.8. The number of thioether (sulfide) groups is 1. The maximum Gasteiger partial charge on any atom is 0.263 e. The summed E-state index contributed by atoms with van der Waals surface area (Å²) in [7, 11) is 0. The number of rotatable bonds is 7. The minimum atomic E-state index is -0.841. The lowest BCUT2D eigenvalue weighted by Crippen LogP contribution is -2.51. The average Bonchev–Trinajstić information content (AvgIpc) is 2.68. The molecule has 1 aliphatic heterocycles. The van der Waals surface area contributed by atoms with Gasteiger partial charge in [0.05, 0.1) is 6.04 Å². The Bertz CT molecular complexity index is 408. The van der Waals surface area contributed by atoms with Gasteiger partial charge in [-0.3, -0.25) is 19.6 Å². The van der Waals surface area contributed by atoms with Crippen molar-refractivity contribution in [1.82, 2.24) is 15.7 Å². The lowest BCUT2D eigenvalue weighted by molar-refractivity contribution is -0.170. The molecule has 22 heavy (non-hydrogen) atoms. The van der Waals surface area contributed by atoms with E-state index in [-0.39, 0.29) is 5.91 Å². The molecule has 5 N–H and O–H groups in total. The van der Waals surface area contributed by atoms with Gasteiger partial charge in [0.2, 0.25) is 11.8 Å². The maximum absolute atomic E-state index is 11.8. The number of amides is 3. The average molecular weight is 332 g/mol. The number of hydroxylamine groups is 2. The topological polar surface area (TPSA) is 125 Å². The zero-order chi connectivity index (χ0) is 16.5. The van der Waals surface area contributed by atoms with E-state index in [0.717, 1.165) is 12.8 Å². The highest BCUT2D eigenvalue weighted by Gasteiger charge is 2.25. The zero-order valence-corrected chi connectivity index (χ0v) is 13.5. The predicted molar refractivity (Wildman–Crippen MR) is 83.3 cm³/mol. The summed E-state index contributed by atoms with van der Waals surface area (Å²) in [5.41, 5.74) is 5.65. The molecule has 1 fully saturated rings. The van der Waals surface area contributed by atoms with Crippen molar-refractivity contribution < 1.29 is 19.6 Å². The number of hydrogen-bond acceptors (Lipinski definition) is 6. The van der Waals surface area contributed by atoms with E-state index < -0.39 is 30.4 Å². The minimum absolute atomic E-state index is 0.238. The third-order valence-electron chi connectivity index (χ3n) is 3.37. The number of carbonyl (C=O) groups excluding carboxylic acids is 3. The van der Waals surface area contributed by atoms with Gasteiger partial charge in [-0.25, -0.2) is 5.06 Å². The molecular formula is C13H24N4O4S. The van der Waals surface area contributed by atoms with Crippen LogP contribution >= 0.6 is 11.8 Å². The molecule has 0 bridgehead atoms. The van der Waals surface area contributed by atoms with Crippen LogP contribution in [-0.2, 0) is 14.4 Å². The van der Waals surface area contributed by atoms with Gasteiger partial charge in [-0.15, -0.1) is 0 Å². The monoisotopic (exact) mass is 332 g/mol. The van der Waals surface area contributed by atoms with E-state index in [0.29, 0.717) is 30.2 Å². The quantitative estimate of drug-likeness (QED) is 0.353. The van der Waals surface area contributed by atoms with Gasteiger partial charge in [0.1, 0.15) is 12.6 Å². The summed E-state index contributed by atoms with van der Waals surface area (Å²) in [5.74, 6) is -0.835. The van der Waals surface area contributed by atoms with Gasteiger partial charge in [0.25, 0.3) is 5.91 Å². The number of carbonyl (C=O) groups is 3. The molecule has 0 saturated carbocycles. The van der Waals surface area contributed by atoms with Crippen LogP contribution in [0.1, 0.15) is 25.7 Å². The van der Waals surface area contributed by atoms with Crippen molar-refractivity contribution in [2.24, 2.45) is 5.73 Å². The summed E-state index contributed by atoms with van der Waals surface area (Å²) in [5, 5.41) is 15.2. The van der Waals surface area contributed by atoms with Crippen molar-refractivity contribution >= 4 is 29.5 Å². The fraction of sp³-hybridized carbons (Fsp3) is 0.769. The summed E-state index contributed by atoms with van der Waals surface area (Å²) in [6.07, 6.45) is 4.55. The Kier molecular flexibility index (Phi) is 8.21. The first-order valence-corrected chi connectivity index (χ1v) is 8.67. The third-order valence-corrected chi connectivity index (χ3v) is 4.01. The highest BCUT2D eigenvalue weighted by Crippen LogP contribution is 2.05. The molecule has 0 radical (unpaired) electrons. The van der Waals surface area contributed by atoms with Crippen LogP contribution < -0.4 is 16.4 Å². The lowest BCUT2D eigenvalue weighted by Gasteiger charge is -2.20. The van der Waals surface area contributed by atoms with E-state index in [1.165, 1.54) is 0 Å². The normalized spacial score (nSPS) is 19.8. The molecule has 0 aromatic carbocycles. The smallest absolute Gasteiger partial charge is 0.263 e. The standard InChI is InChI=1S/C13H24N4O4S/c1-22-7-5-9(14)13(20)17(21)8-11(18)16-10-4-2-3-6-15-12(10)19/h9-10,21H,2-8,14H2,1H3,(H,15,19)(H,16,18)/t9-,10-/m0/s1. The van der Waals surface area contributed by atoms with Gasteiger partial charge < -0.3 is 16.4 Å². The molecule has 0 aromatic heterocycles. The molecule has 0 aliphatic carbocycles. The Morgan fingerprint density at radius 1 is 1.55 bits per heavy atom. The molecular weight excluding hydrogens is 308 g/mol. The Hall–Kier alpha value is -1.32. The molecule has 126 valence electrons. The summed E-state index contributed by atoms with van der Waals surface area (Å²) >= 11 is 1.54. The summed E-state index contributed by atoms with van der Waals surface area (Å²) in [6.45, 7) is 0.0652. The predicted octanol–water partition coefficient (Wildman–Crippen LogP) is -0.930. The van der Waals surface area contributed by atoms with Crippen LogP contribution in [-0.4, -0.2) is 65.2 Å². The second-order valence-electron chi connectivity index (χ2n) is 5.19. The summed E-state index contributed by atoms with van der Waals surface area (Å²) < 4.78 is 0. The molecule has 1 aliphatic rings. The summed E-state index contributed by atoms with van der Waals surface area (Å²) in [4.78, 5) is 35.3. The van der Waals surface area contributed by atoms with Crippen molar-refractivity contribution in [2.45, 2.75) is 37.8 Å². The molecule has 1 heterocycles. The van der Waals surface area contributed by atoms with Crippen LogP contribution in [0, 0.1) is 0 Å². The van der Waals surface area contributed by atoms with Gasteiger partial charge in [-0.2, -0.15) is 11.8 Å². The lowest BCUT2D eigenvalue weighted by atomic mass is 10.1. The molecule has 3 amide bonds. The van der Waals surface area contributed by atoms with Crippen molar-refractivity contribution in [3.05, 3.63) is 0 Å². The largest absolute Gasteiger partial charge is 0.354 e. The first-order valence-electron chi connectivity index (χ1n) is 7.27. The fourth-order valence-corrected chi connectivity index (χ4v) is 2.58. The SMILES string of the molecule is CSCC[C@H](N)C(=O)N(O)CC(=O)N[C@H]1CCCCNC1=O. The van der Waals surface area contributed by atoms with E-state index in [2.05, 4.69) is 10.6 Å². The molecule has 1 rings (SSSR count). The van der Waals surface area contributed by atoms with Crippen LogP contribution in [0.3, 0.4) is 0 Å². The molecule has 8 nitrogen and oxygen atoms in total. The van der Waals surface area contributed by atoms with E-state index in [4.69, 9.17) is 5.73 Å². The van der Waals surface area contributed by atoms with E-state index in [9.17, 15) is 19.6 Å². The van der Waals surface area contributed by atoms with Gasteiger partial charge in [0, 0.05) is 6.54 Å². The van der Waals surface area contributed by atoms with Crippen LogP contribution in [0.15, 0.2) is 0 Å². The highest BCUT2D eigenvalue weighted by molar-refractivity contribution is 7.98. The first-order chi connectivity index (χ1) is 10.5. The van der Waals surface area contributed by atoms with Crippen LogP contribution in [0.25, 0.3) is 0 Å². The third kappa shape index (κ3) is 6.20. The second-order valence-corrected chi connectivity index (χ2v) is 6.18. The molecule has 1 saturated heterocycles. The number of hydrogen-bond donors (Lipinski definition) is 4. The number of nitrogens with zero attached hydrogens (tertiary/aromatic N) is 1. The second kappa shape index (κ2) is 9.65. The van der Waals surface area contributed by atoms with Crippen LogP contribution in [0.4, 0.5) is 0 Å². The van der Waals surface area contributed by atoms with E-state index in [1.807, 2.05) is 6.26 Å². The summed E-state index contributed by atoms with van der Waals surface area (Å²) in [6, 6.07) is -1.46. The molecule has 0 unspecified atom stereocenters. The Balaban J connectivity index is 2.42. The fourth-order valence-electron chi connectivity index (χ4n) is 2.09. The Morgan fingerprint density at radius 3 is 2.95 bits per heavy atom. The zero-order valence-electron chi connectivity index (χ0n) is 12.7. The number of nitrogens with two attached hydrogens (primary N) is 1. The van der Waals surface area contributed by atoms with Crippen molar-refractivity contribution in [3.63, 3.8) is 0 Å². The molecule has 2 atom stereocenters. The van der Waals surface area contributed by atoms with Gasteiger partial charge >= 0.3 is 0 Å². The van der Waals surface area contributed by atoms with Crippen LogP contribution in [0.5, 0.6) is 0 Å². The first kappa shape index (κ1) is 18.7. The highest BCUT2D eigenvalue weighted by atomic mass is 32.2. The van der Waals surface area contributed by atoms with Crippen molar-refractivity contribution in [1.29, 1.82) is 0 Å². The van der Waals surface area contributed by atoms with Gasteiger partial charge in [-0.1, -0.05) is 0 Å². The molecule has 0 aromatic rings. The van der Waals surface area contributed by atoms with Crippen molar-refractivity contribution in [3.8, 4) is 0 Å². The molecule has 9 heteroatoms. The van der Waals surface area contributed by atoms with E-state index >= 15 is 0 Å².